The van der Waals surface area contributed by atoms with E-state index in [0.29, 0.717) is 5.69 Å². The predicted octanol–water partition coefficient (Wildman–Crippen LogP) is 2.88. The molecule has 0 radical (unpaired) electrons. The van der Waals surface area contributed by atoms with E-state index in [2.05, 4.69) is 20.5 Å². The highest BCUT2D eigenvalue weighted by Crippen LogP contribution is 2.28. The third-order valence-corrected chi connectivity index (χ3v) is 4.81. The second-order valence-corrected chi connectivity index (χ2v) is 6.71. The molecule has 0 aliphatic heterocycles. The molecule has 0 saturated heterocycles. The number of H-pyrrole nitrogens is 2. The fourth-order valence-corrected chi connectivity index (χ4v) is 3.40. The van der Waals surface area contributed by atoms with Gasteiger partial charge in [0, 0.05) is 17.3 Å². The minimum absolute atomic E-state index is 0.103. The molecule has 132 valence electrons. The smallest absolute Gasteiger partial charge is 0.269 e. The summed E-state index contributed by atoms with van der Waals surface area (Å²) < 4.78 is 0. The summed E-state index contributed by atoms with van der Waals surface area (Å²) in [5, 5.41) is 10.1. The Hall–Kier alpha value is -3.15. The Morgan fingerprint density at radius 1 is 1.19 bits per heavy atom. The van der Waals surface area contributed by atoms with Crippen LogP contribution in [-0.4, -0.2) is 21.1 Å². The van der Waals surface area contributed by atoms with E-state index in [-0.39, 0.29) is 17.5 Å². The Labute approximate surface area is 150 Å². The number of aromatic amines is 2. The fraction of sp³-hybridized carbons (Fsp3) is 0.250. The van der Waals surface area contributed by atoms with Gasteiger partial charge in [0.05, 0.1) is 11.7 Å². The molecule has 0 fully saturated rings. The molecule has 2 aromatic heterocycles. The Balaban J connectivity index is 1.53. The Morgan fingerprint density at radius 2 is 2.00 bits per heavy atom. The second kappa shape index (κ2) is 6.63. The topological polar surface area (TPSA) is 90.6 Å². The fourth-order valence-electron chi connectivity index (χ4n) is 3.40. The van der Waals surface area contributed by atoms with E-state index in [4.69, 9.17) is 0 Å². The monoisotopic (exact) mass is 348 g/mol. The van der Waals surface area contributed by atoms with Crippen molar-refractivity contribution in [1.29, 1.82) is 0 Å². The van der Waals surface area contributed by atoms with Gasteiger partial charge in [0.2, 0.25) is 5.56 Å². The number of aryl methyl sites for hydroxylation is 2. The minimum atomic E-state index is -0.195. The first-order valence-corrected chi connectivity index (χ1v) is 8.75. The molecule has 3 N–H and O–H groups in total. The molecule has 0 bridgehead atoms. The maximum atomic E-state index is 12.6. The van der Waals surface area contributed by atoms with Crippen LogP contribution in [0.15, 0.2) is 47.3 Å². The van der Waals surface area contributed by atoms with Crippen molar-refractivity contribution < 1.29 is 4.79 Å². The summed E-state index contributed by atoms with van der Waals surface area (Å²) in [4.78, 5) is 27.0. The van der Waals surface area contributed by atoms with Crippen LogP contribution in [0.25, 0.3) is 11.3 Å². The number of rotatable bonds is 3. The highest BCUT2D eigenvalue weighted by atomic mass is 16.2. The number of hydrogen-bond donors (Lipinski definition) is 3. The van der Waals surface area contributed by atoms with E-state index in [1.807, 2.05) is 37.3 Å². The zero-order valence-corrected chi connectivity index (χ0v) is 14.5. The van der Waals surface area contributed by atoms with Crippen LogP contribution in [0.4, 0.5) is 0 Å². The first-order chi connectivity index (χ1) is 12.6. The second-order valence-electron chi connectivity index (χ2n) is 6.71. The zero-order valence-electron chi connectivity index (χ0n) is 14.5. The van der Waals surface area contributed by atoms with E-state index in [0.717, 1.165) is 41.8 Å². The molecule has 26 heavy (non-hydrogen) atoms. The van der Waals surface area contributed by atoms with Crippen molar-refractivity contribution in [3.63, 3.8) is 0 Å². The number of benzene rings is 1. The van der Waals surface area contributed by atoms with Crippen LogP contribution >= 0.6 is 0 Å². The molecular weight excluding hydrogens is 328 g/mol. The number of pyridine rings is 1. The molecule has 6 nitrogen and oxygen atoms in total. The lowest BCUT2D eigenvalue weighted by Gasteiger charge is -2.25. The summed E-state index contributed by atoms with van der Waals surface area (Å²) in [5.74, 6) is -0.195. The predicted molar refractivity (Wildman–Crippen MR) is 99.0 cm³/mol. The molecular formula is C20H20N4O2. The van der Waals surface area contributed by atoms with Crippen molar-refractivity contribution in [2.24, 2.45) is 0 Å². The normalized spacial score (nSPS) is 16.1. The van der Waals surface area contributed by atoms with Crippen LogP contribution in [0.5, 0.6) is 0 Å². The molecule has 4 rings (SSSR count). The standard InChI is InChI=1S/C20H20N4O2/c1-12-5-7-13(8-6-12)17-11-18(24-23-17)20(26)22-16-4-2-3-15-14(16)9-10-19(25)21-15/h5-11,16H,2-4H2,1H3,(H,21,25)(H,22,26)(H,23,24)/t16-/m0/s1. The lowest BCUT2D eigenvalue weighted by atomic mass is 9.91. The van der Waals surface area contributed by atoms with Gasteiger partial charge in [-0.3, -0.25) is 14.7 Å². The van der Waals surface area contributed by atoms with Crippen LogP contribution in [0.1, 0.15) is 46.2 Å². The molecule has 1 atom stereocenters. The number of fused-ring (bicyclic) bond motifs is 1. The lowest BCUT2D eigenvalue weighted by molar-refractivity contribution is 0.0927. The Kier molecular flexibility index (Phi) is 4.16. The van der Waals surface area contributed by atoms with Gasteiger partial charge in [-0.15, -0.1) is 0 Å². The van der Waals surface area contributed by atoms with E-state index >= 15 is 0 Å². The van der Waals surface area contributed by atoms with E-state index in [9.17, 15) is 9.59 Å². The molecule has 3 aromatic rings. The Morgan fingerprint density at radius 3 is 2.81 bits per heavy atom. The lowest BCUT2D eigenvalue weighted by Crippen LogP contribution is -2.32. The van der Waals surface area contributed by atoms with Crippen molar-refractivity contribution in [2.75, 3.05) is 0 Å². The third-order valence-electron chi connectivity index (χ3n) is 4.81. The van der Waals surface area contributed by atoms with Crippen LogP contribution in [0, 0.1) is 6.92 Å². The molecule has 1 aliphatic carbocycles. The molecule has 1 amide bonds. The van der Waals surface area contributed by atoms with Crippen molar-refractivity contribution in [1.82, 2.24) is 20.5 Å². The van der Waals surface area contributed by atoms with Crippen LogP contribution in [0.2, 0.25) is 0 Å². The van der Waals surface area contributed by atoms with Crippen molar-refractivity contribution in [3.05, 3.63) is 75.3 Å². The summed E-state index contributed by atoms with van der Waals surface area (Å²) in [6, 6.07) is 13.0. The van der Waals surface area contributed by atoms with Gasteiger partial charge < -0.3 is 10.3 Å². The summed E-state index contributed by atoms with van der Waals surface area (Å²) >= 11 is 0. The maximum Gasteiger partial charge on any atom is 0.269 e. The number of amides is 1. The van der Waals surface area contributed by atoms with Gasteiger partial charge in [-0.05, 0) is 43.9 Å². The van der Waals surface area contributed by atoms with Gasteiger partial charge in [-0.25, -0.2) is 0 Å². The van der Waals surface area contributed by atoms with Crippen LogP contribution in [0.3, 0.4) is 0 Å². The minimum Gasteiger partial charge on any atom is -0.344 e. The van der Waals surface area contributed by atoms with Crippen molar-refractivity contribution in [3.8, 4) is 11.3 Å². The number of nitrogens with zero attached hydrogens (tertiary/aromatic N) is 1. The van der Waals surface area contributed by atoms with Gasteiger partial charge >= 0.3 is 0 Å². The van der Waals surface area contributed by atoms with Crippen molar-refractivity contribution >= 4 is 5.91 Å². The SMILES string of the molecule is Cc1ccc(-c2cc(C(=O)N[C@H]3CCCc4[nH]c(=O)ccc43)[nH]n2)cc1. The van der Waals surface area contributed by atoms with Crippen molar-refractivity contribution in [2.45, 2.75) is 32.2 Å². The number of carbonyl (C=O) groups is 1. The molecule has 0 unspecified atom stereocenters. The highest BCUT2D eigenvalue weighted by Gasteiger charge is 2.23. The molecule has 1 aromatic carbocycles. The average molecular weight is 348 g/mol. The number of carbonyl (C=O) groups excluding carboxylic acids is 1. The summed E-state index contributed by atoms with van der Waals surface area (Å²) in [6.45, 7) is 2.03. The summed E-state index contributed by atoms with van der Waals surface area (Å²) in [6.07, 6.45) is 2.61. The van der Waals surface area contributed by atoms with Gasteiger partial charge in [0.25, 0.3) is 5.91 Å². The summed E-state index contributed by atoms with van der Waals surface area (Å²) in [7, 11) is 0. The van der Waals surface area contributed by atoms with Crippen LogP contribution < -0.4 is 10.9 Å². The average Bonchev–Trinajstić information content (AvgIpc) is 3.12. The quantitative estimate of drug-likeness (QED) is 0.680. The summed E-state index contributed by atoms with van der Waals surface area (Å²) in [5.41, 5.74) is 5.11. The number of nitrogens with one attached hydrogen (secondary N) is 3. The van der Waals surface area contributed by atoms with Gasteiger partial charge in [-0.1, -0.05) is 29.8 Å². The number of aromatic nitrogens is 3. The third kappa shape index (κ3) is 3.18. The molecule has 2 heterocycles. The van der Waals surface area contributed by atoms with Gasteiger partial charge in [0.1, 0.15) is 5.69 Å². The molecule has 6 heteroatoms. The molecule has 1 aliphatic rings. The van der Waals surface area contributed by atoms with Crippen LogP contribution in [-0.2, 0) is 6.42 Å². The molecule has 0 spiro atoms. The zero-order chi connectivity index (χ0) is 18.1. The molecule has 0 saturated carbocycles. The van der Waals surface area contributed by atoms with E-state index < -0.39 is 0 Å². The van der Waals surface area contributed by atoms with E-state index in [1.165, 1.54) is 11.6 Å². The first kappa shape index (κ1) is 16.3. The van der Waals surface area contributed by atoms with E-state index in [1.54, 1.807) is 6.07 Å². The Bertz CT molecular complexity index is 1000. The van der Waals surface area contributed by atoms with Gasteiger partial charge in [0.15, 0.2) is 0 Å². The first-order valence-electron chi connectivity index (χ1n) is 8.75. The number of hydrogen-bond acceptors (Lipinski definition) is 3. The highest BCUT2D eigenvalue weighted by molar-refractivity contribution is 5.93. The maximum absolute atomic E-state index is 12.6. The van der Waals surface area contributed by atoms with Gasteiger partial charge in [-0.2, -0.15) is 5.10 Å². The largest absolute Gasteiger partial charge is 0.344 e.